The SMILES string of the molecule is CC1NCCC1c1nc2c(F)cccc2n1C(C)C. The van der Waals surface area contributed by atoms with Crippen LogP contribution in [0.1, 0.15) is 45.0 Å². The molecule has 1 aromatic heterocycles. The average Bonchev–Trinajstić information content (AvgIpc) is 2.92. The van der Waals surface area contributed by atoms with Gasteiger partial charge in [-0.15, -0.1) is 0 Å². The molecular weight excluding hydrogens is 241 g/mol. The van der Waals surface area contributed by atoms with E-state index in [1.807, 2.05) is 6.07 Å². The second-order valence-electron chi connectivity index (χ2n) is 5.68. The number of hydrogen-bond acceptors (Lipinski definition) is 2. The smallest absolute Gasteiger partial charge is 0.151 e. The van der Waals surface area contributed by atoms with E-state index in [-0.39, 0.29) is 11.9 Å². The molecule has 0 spiro atoms. The van der Waals surface area contributed by atoms with E-state index in [0.29, 0.717) is 17.5 Å². The summed E-state index contributed by atoms with van der Waals surface area (Å²) in [6, 6.07) is 5.90. The highest BCUT2D eigenvalue weighted by Crippen LogP contribution is 2.32. The summed E-state index contributed by atoms with van der Waals surface area (Å²) in [7, 11) is 0. The van der Waals surface area contributed by atoms with E-state index in [2.05, 4.69) is 35.6 Å². The number of hydrogen-bond donors (Lipinski definition) is 1. The van der Waals surface area contributed by atoms with Gasteiger partial charge in [-0.1, -0.05) is 6.07 Å². The first-order valence-electron chi connectivity index (χ1n) is 6.99. The number of fused-ring (bicyclic) bond motifs is 1. The number of aromatic nitrogens is 2. The number of benzene rings is 1. The summed E-state index contributed by atoms with van der Waals surface area (Å²) in [6.07, 6.45) is 1.07. The molecule has 1 N–H and O–H groups in total. The van der Waals surface area contributed by atoms with Crippen molar-refractivity contribution >= 4 is 11.0 Å². The Morgan fingerprint density at radius 2 is 2.21 bits per heavy atom. The normalized spacial score (nSPS) is 23.6. The van der Waals surface area contributed by atoms with E-state index in [4.69, 9.17) is 0 Å². The van der Waals surface area contributed by atoms with E-state index in [1.165, 1.54) is 6.07 Å². The Morgan fingerprint density at radius 1 is 1.42 bits per heavy atom. The Morgan fingerprint density at radius 3 is 2.84 bits per heavy atom. The highest BCUT2D eigenvalue weighted by molar-refractivity contribution is 5.77. The van der Waals surface area contributed by atoms with E-state index in [9.17, 15) is 4.39 Å². The van der Waals surface area contributed by atoms with Gasteiger partial charge in [-0.25, -0.2) is 9.37 Å². The molecule has 19 heavy (non-hydrogen) atoms. The fourth-order valence-electron chi connectivity index (χ4n) is 3.12. The molecule has 102 valence electrons. The van der Waals surface area contributed by atoms with Crippen LogP contribution in [0.5, 0.6) is 0 Å². The fourth-order valence-corrected chi connectivity index (χ4v) is 3.12. The van der Waals surface area contributed by atoms with Crippen LogP contribution in [0.15, 0.2) is 18.2 Å². The van der Waals surface area contributed by atoms with E-state index in [0.717, 1.165) is 24.3 Å². The first kappa shape index (κ1) is 12.6. The molecule has 1 aliphatic heterocycles. The Hall–Kier alpha value is -1.42. The monoisotopic (exact) mass is 261 g/mol. The lowest BCUT2D eigenvalue weighted by atomic mass is 10.0. The minimum absolute atomic E-state index is 0.225. The Bertz CT molecular complexity index is 603. The van der Waals surface area contributed by atoms with Crippen LogP contribution < -0.4 is 5.32 Å². The molecule has 0 bridgehead atoms. The number of nitrogens with zero attached hydrogens (tertiary/aromatic N) is 2. The van der Waals surface area contributed by atoms with Crippen molar-refractivity contribution in [2.24, 2.45) is 0 Å². The van der Waals surface area contributed by atoms with Crippen LogP contribution >= 0.6 is 0 Å². The Labute approximate surface area is 112 Å². The van der Waals surface area contributed by atoms with Crippen molar-refractivity contribution < 1.29 is 4.39 Å². The van der Waals surface area contributed by atoms with Crippen molar-refractivity contribution in [2.75, 3.05) is 6.54 Å². The molecule has 2 unspecified atom stereocenters. The lowest BCUT2D eigenvalue weighted by Crippen LogP contribution is -2.24. The van der Waals surface area contributed by atoms with Crippen molar-refractivity contribution in [2.45, 2.75) is 45.2 Å². The molecule has 0 amide bonds. The molecule has 2 heterocycles. The predicted molar refractivity (Wildman–Crippen MR) is 74.9 cm³/mol. The lowest BCUT2D eigenvalue weighted by Gasteiger charge is -2.19. The Balaban J connectivity index is 2.23. The third-order valence-electron chi connectivity index (χ3n) is 4.07. The molecule has 3 nitrogen and oxygen atoms in total. The van der Waals surface area contributed by atoms with Crippen molar-refractivity contribution in [1.82, 2.24) is 14.9 Å². The van der Waals surface area contributed by atoms with Crippen LogP contribution in [-0.2, 0) is 0 Å². The van der Waals surface area contributed by atoms with Crippen molar-refractivity contribution in [1.29, 1.82) is 0 Å². The summed E-state index contributed by atoms with van der Waals surface area (Å²) >= 11 is 0. The number of halogens is 1. The van der Waals surface area contributed by atoms with Gasteiger partial charge in [-0.2, -0.15) is 0 Å². The minimum atomic E-state index is -0.225. The molecule has 1 aliphatic rings. The van der Waals surface area contributed by atoms with Crippen LogP contribution in [0.4, 0.5) is 4.39 Å². The molecule has 2 atom stereocenters. The van der Waals surface area contributed by atoms with E-state index >= 15 is 0 Å². The highest BCUT2D eigenvalue weighted by Gasteiger charge is 2.30. The van der Waals surface area contributed by atoms with Crippen molar-refractivity contribution in [3.63, 3.8) is 0 Å². The fraction of sp³-hybridized carbons (Fsp3) is 0.533. The zero-order chi connectivity index (χ0) is 13.6. The van der Waals surface area contributed by atoms with Gasteiger partial charge in [0.1, 0.15) is 11.3 Å². The molecule has 0 saturated carbocycles. The highest BCUT2D eigenvalue weighted by atomic mass is 19.1. The topological polar surface area (TPSA) is 29.9 Å². The maximum atomic E-state index is 13.9. The van der Waals surface area contributed by atoms with E-state index in [1.54, 1.807) is 6.07 Å². The van der Waals surface area contributed by atoms with Gasteiger partial charge in [0.05, 0.1) is 5.52 Å². The van der Waals surface area contributed by atoms with Crippen LogP contribution in [0.3, 0.4) is 0 Å². The third-order valence-corrected chi connectivity index (χ3v) is 4.07. The quantitative estimate of drug-likeness (QED) is 0.899. The summed E-state index contributed by atoms with van der Waals surface area (Å²) in [5, 5.41) is 3.45. The predicted octanol–water partition coefficient (Wildman–Crippen LogP) is 3.22. The Kier molecular flexibility index (Phi) is 3.05. The van der Waals surface area contributed by atoms with Gasteiger partial charge in [-0.3, -0.25) is 0 Å². The largest absolute Gasteiger partial charge is 0.325 e. The van der Waals surface area contributed by atoms with Gasteiger partial charge in [0.25, 0.3) is 0 Å². The molecule has 1 aromatic carbocycles. The van der Waals surface area contributed by atoms with E-state index < -0.39 is 0 Å². The van der Waals surface area contributed by atoms with Crippen LogP contribution in [-0.4, -0.2) is 22.1 Å². The van der Waals surface area contributed by atoms with Crippen LogP contribution in [0.2, 0.25) is 0 Å². The summed E-state index contributed by atoms with van der Waals surface area (Å²) in [5.41, 5.74) is 1.41. The number of imidazole rings is 1. The van der Waals surface area contributed by atoms with Gasteiger partial charge in [0, 0.05) is 18.0 Å². The molecule has 0 radical (unpaired) electrons. The molecule has 4 heteroatoms. The second-order valence-corrected chi connectivity index (χ2v) is 5.68. The molecule has 1 saturated heterocycles. The number of nitrogens with one attached hydrogen (secondary N) is 1. The molecule has 2 aromatic rings. The summed E-state index contributed by atoms with van der Waals surface area (Å²) < 4.78 is 16.1. The first-order chi connectivity index (χ1) is 9.09. The number of para-hydroxylation sites is 1. The molecule has 1 fully saturated rings. The lowest BCUT2D eigenvalue weighted by molar-refractivity contribution is 0.507. The average molecular weight is 261 g/mol. The van der Waals surface area contributed by atoms with Crippen LogP contribution in [0.25, 0.3) is 11.0 Å². The van der Waals surface area contributed by atoms with Gasteiger partial charge in [0.15, 0.2) is 5.82 Å². The summed E-state index contributed by atoms with van der Waals surface area (Å²) in [5.74, 6) is 1.17. The van der Waals surface area contributed by atoms with Gasteiger partial charge in [-0.05, 0) is 45.9 Å². The van der Waals surface area contributed by atoms with Crippen molar-refractivity contribution in [3.8, 4) is 0 Å². The molecule has 0 aliphatic carbocycles. The maximum absolute atomic E-state index is 13.9. The summed E-state index contributed by atoms with van der Waals surface area (Å²) in [6.45, 7) is 7.44. The van der Waals surface area contributed by atoms with Gasteiger partial charge < -0.3 is 9.88 Å². The minimum Gasteiger partial charge on any atom is -0.325 e. The van der Waals surface area contributed by atoms with Gasteiger partial charge >= 0.3 is 0 Å². The molecule has 3 rings (SSSR count). The zero-order valence-electron chi connectivity index (χ0n) is 11.7. The summed E-state index contributed by atoms with van der Waals surface area (Å²) in [4.78, 5) is 4.61. The second kappa shape index (κ2) is 4.60. The van der Waals surface area contributed by atoms with Crippen molar-refractivity contribution in [3.05, 3.63) is 29.8 Å². The van der Waals surface area contributed by atoms with Crippen LogP contribution in [0, 0.1) is 5.82 Å². The third kappa shape index (κ3) is 1.94. The van der Waals surface area contributed by atoms with Gasteiger partial charge in [0.2, 0.25) is 0 Å². The first-order valence-corrected chi connectivity index (χ1v) is 6.99. The zero-order valence-corrected chi connectivity index (χ0v) is 11.7. The number of rotatable bonds is 2. The maximum Gasteiger partial charge on any atom is 0.151 e. The standard InChI is InChI=1S/C15H20FN3/c1-9(2)19-13-6-4-5-12(16)14(13)18-15(19)11-7-8-17-10(11)3/h4-6,9-11,17H,7-8H2,1-3H3. The molecular formula is C15H20FN3.